The minimum absolute atomic E-state index is 0.261. The number of cyclic esters (lactones) is 2. The molecule has 0 amide bonds. The molecule has 0 unspecified atom stereocenters. The van der Waals surface area contributed by atoms with Crippen LogP contribution in [0.15, 0.2) is 36.4 Å². The van der Waals surface area contributed by atoms with Crippen molar-refractivity contribution in [3.63, 3.8) is 0 Å². The average Bonchev–Trinajstić information content (AvgIpc) is 3.16. The van der Waals surface area contributed by atoms with Crippen molar-refractivity contribution in [1.29, 1.82) is 0 Å². The van der Waals surface area contributed by atoms with Gasteiger partial charge in [0, 0.05) is 11.1 Å². The molecule has 1 aliphatic heterocycles. The Bertz CT molecular complexity index is 2270. The lowest BCUT2D eigenvalue weighted by Gasteiger charge is -2.32. The number of hydrogen-bond donors (Lipinski definition) is 13. The van der Waals surface area contributed by atoms with E-state index in [1.165, 1.54) is 0 Å². The summed E-state index contributed by atoms with van der Waals surface area (Å²) in [7, 11) is 0. The Kier molecular flexibility index (Phi) is 10.4. The third-order valence-electron chi connectivity index (χ3n) is 8.08. The molecule has 4 atom stereocenters. The summed E-state index contributed by atoms with van der Waals surface area (Å²) in [6, 6.07) is 3.03. The van der Waals surface area contributed by atoms with E-state index in [2.05, 4.69) is 0 Å². The van der Waals surface area contributed by atoms with Crippen molar-refractivity contribution in [1.82, 2.24) is 0 Å². The van der Waals surface area contributed by atoms with Crippen molar-refractivity contribution in [3.8, 4) is 80.1 Å². The van der Waals surface area contributed by atoms with Crippen molar-refractivity contribution in [3.05, 3.63) is 58.7 Å². The number of carbonyl (C=O) groups is 5. The Morgan fingerprint density at radius 2 is 0.982 bits per heavy atom. The van der Waals surface area contributed by atoms with E-state index in [0.717, 1.165) is 0 Å². The van der Waals surface area contributed by atoms with Crippen LogP contribution in [-0.2, 0) is 23.7 Å². The van der Waals surface area contributed by atoms with Crippen molar-refractivity contribution in [2.75, 3.05) is 6.61 Å². The molecule has 1 aliphatic rings. The number of hydrogen-bond acceptors (Lipinski definition) is 22. The lowest BCUT2D eigenvalue weighted by Crippen LogP contribution is -2.52. The largest absolute Gasteiger partial charge is 0.504 e. The summed E-state index contributed by atoms with van der Waals surface area (Å²) in [5.74, 6) is -21.2. The molecule has 1 heterocycles. The Hall–Kier alpha value is -8.01. The second-order valence-electron chi connectivity index (χ2n) is 11.7. The maximum Gasteiger partial charge on any atom is 0.339 e. The van der Waals surface area contributed by atoms with Crippen LogP contribution in [0.25, 0.3) is 11.1 Å². The van der Waals surface area contributed by atoms with Gasteiger partial charge in [-0.15, -0.1) is 0 Å². The van der Waals surface area contributed by atoms with E-state index in [-0.39, 0.29) is 6.29 Å². The number of carbonyl (C=O) groups excluding carboxylic acids is 5. The summed E-state index contributed by atoms with van der Waals surface area (Å²) in [5, 5.41) is 133. The molecule has 0 saturated carbocycles. The molecule has 0 saturated heterocycles. The van der Waals surface area contributed by atoms with E-state index in [4.69, 9.17) is 18.9 Å². The van der Waals surface area contributed by atoms with Crippen LogP contribution in [0.3, 0.4) is 0 Å². The highest BCUT2D eigenvalue weighted by Gasteiger charge is 2.45. The average molecular weight is 787 g/mol. The first-order valence-electron chi connectivity index (χ1n) is 15.3. The zero-order chi connectivity index (χ0) is 41.5. The standard InChI is InChI=1S/C34H26O22/c35-7-20(54-31(49)9-1-13(36)23(43)14(37)2-9)30(56-32(50)10-3-15(38)24(44)16(39)4-10)29-19(42)8-53-33(51)11-5-17(40)25(45)27(47)21(11)22-12(34(52)55-29)6-18(41)26(46)28(22)48/h1-7,19-20,29-30,36-48H,8H2/t19-,20+,29-,30-/m1/s1. The quantitative estimate of drug-likeness (QED) is 0.0525. The van der Waals surface area contributed by atoms with Crippen LogP contribution in [0.1, 0.15) is 41.4 Å². The summed E-state index contributed by atoms with van der Waals surface area (Å²) >= 11 is 0. The molecule has 0 aromatic heterocycles. The number of fused-ring (bicyclic) bond motifs is 3. The SMILES string of the molecule is O=C[C@H](OC(=O)c1cc(O)c(O)c(O)c1)[C@@H](OC(=O)c1cc(O)c(O)c(O)c1)[C@@H]1OC(=O)c2cc(O)c(O)c(O)c2-c2c(cc(O)c(O)c2O)C(=O)OC[C@H]1O. The summed E-state index contributed by atoms with van der Waals surface area (Å²) in [5.41, 5.74) is -5.74. The fourth-order valence-corrected chi connectivity index (χ4v) is 5.32. The van der Waals surface area contributed by atoms with E-state index in [9.17, 15) is 90.4 Å². The molecule has 0 spiro atoms. The van der Waals surface area contributed by atoms with Crippen LogP contribution in [0.5, 0.6) is 69.0 Å². The van der Waals surface area contributed by atoms with E-state index >= 15 is 0 Å². The Balaban J connectivity index is 1.69. The van der Waals surface area contributed by atoms with Gasteiger partial charge in [0.1, 0.15) is 12.7 Å². The zero-order valence-electron chi connectivity index (χ0n) is 27.5. The number of esters is 4. The summed E-state index contributed by atoms with van der Waals surface area (Å²) in [6.07, 6.45) is -10.4. The van der Waals surface area contributed by atoms with Crippen molar-refractivity contribution >= 4 is 30.2 Å². The van der Waals surface area contributed by atoms with Gasteiger partial charge >= 0.3 is 23.9 Å². The second kappa shape index (κ2) is 14.8. The molecule has 0 aliphatic carbocycles. The first-order valence-corrected chi connectivity index (χ1v) is 15.3. The third kappa shape index (κ3) is 7.04. The summed E-state index contributed by atoms with van der Waals surface area (Å²) < 4.78 is 20.8. The molecule has 0 radical (unpaired) electrons. The van der Waals surface area contributed by atoms with Crippen LogP contribution in [0.4, 0.5) is 0 Å². The highest BCUT2D eigenvalue weighted by Crippen LogP contribution is 2.53. The van der Waals surface area contributed by atoms with Gasteiger partial charge in [-0.2, -0.15) is 0 Å². The smallest absolute Gasteiger partial charge is 0.339 e. The molecule has 5 rings (SSSR count). The van der Waals surface area contributed by atoms with Crippen LogP contribution in [0.2, 0.25) is 0 Å². The highest BCUT2D eigenvalue weighted by atomic mass is 16.6. The van der Waals surface area contributed by atoms with Crippen molar-refractivity contribution in [2.24, 2.45) is 0 Å². The maximum absolute atomic E-state index is 13.9. The predicted molar refractivity (Wildman–Crippen MR) is 175 cm³/mol. The highest BCUT2D eigenvalue weighted by molar-refractivity contribution is 6.08. The molecule has 22 nitrogen and oxygen atoms in total. The number of phenols is 12. The molecule has 13 N–H and O–H groups in total. The predicted octanol–water partition coefficient (Wildman–Crippen LogP) is 0.528. The molecule has 0 bridgehead atoms. The van der Waals surface area contributed by atoms with Crippen molar-refractivity contribution < 1.29 is 109 Å². The Morgan fingerprint density at radius 1 is 0.589 bits per heavy atom. The first kappa shape index (κ1) is 39.2. The molecule has 4 aromatic rings. The number of aliphatic hydroxyl groups is 1. The number of phenolic OH excluding ortho intramolecular Hbond substituents is 12. The molecular weight excluding hydrogens is 760 g/mol. The fraction of sp³-hybridized carbons (Fsp3) is 0.147. The van der Waals surface area contributed by atoms with E-state index in [0.29, 0.717) is 36.4 Å². The lowest BCUT2D eigenvalue weighted by atomic mass is 9.92. The van der Waals surface area contributed by atoms with Gasteiger partial charge in [0.25, 0.3) is 0 Å². The fourth-order valence-electron chi connectivity index (χ4n) is 5.32. The summed E-state index contributed by atoms with van der Waals surface area (Å²) in [6.45, 7) is -1.33. The number of aliphatic hydroxyl groups excluding tert-OH is 1. The maximum atomic E-state index is 13.9. The number of aldehydes is 1. The number of benzene rings is 4. The Labute approximate surface area is 309 Å². The van der Waals surface area contributed by atoms with Gasteiger partial charge in [0.2, 0.25) is 11.5 Å². The third-order valence-corrected chi connectivity index (χ3v) is 8.08. The lowest BCUT2D eigenvalue weighted by molar-refractivity contribution is -0.141. The zero-order valence-corrected chi connectivity index (χ0v) is 27.5. The topological polar surface area (TPSA) is 385 Å². The summed E-state index contributed by atoms with van der Waals surface area (Å²) in [4.78, 5) is 66.4. The minimum Gasteiger partial charge on any atom is -0.504 e. The van der Waals surface area contributed by atoms with Crippen LogP contribution in [0, 0.1) is 0 Å². The van der Waals surface area contributed by atoms with Gasteiger partial charge in [-0.3, -0.25) is 4.79 Å². The monoisotopic (exact) mass is 786 g/mol. The van der Waals surface area contributed by atoms with Gasteiger partial charge < -0.3 is 85.3 Å². The molecule has 22 heteroatoms. The number of rotatable bonds is 7. The number of aromatic hydroxyl groups is 12. The number of ether oxygens (including phenoxy) is 4. The van der Waals surface area contributed by atoms with Crippen LogP contribution >= 0.6 is 0 Å². The van der Waals surface area contributed by atoms with Gasteiger partial charge in [-0.05, 0) is 36.4 Å². The first-order chi connectivity index (χ1) is 26.3. The van der Waals surface area contributed by atoms with E-state index in [1.807, 2.05) is 0 Å². The van der Waals surface area contributed by atoms with Crippen LogP contribution in [-0.4, -0.2) is 128 Å². The molecular formula is C34H26O22. The van der Waals surface area contributed by atoms with Crippen molar-refractivity contribution in [2.45, 2.75) is 24.4 Å². The minimum atomic E-state index is -2.61. The van der Waals surface area contributed by atoms with E-state index in [1.54, 1.807) is 0 Å². The van der Waals surface area contributed by atoms with Gasteiger partial charge in [-0.1, -0.05) is 0 Å². The second-order valence-corrected chi connectivity index (χ2v) is 11.7. The Morgan fingerprint density at radius 3 is 1.41 bits per heavy atom. The van der Waals surface area contributed by atoms with E-state index < -0.39 is 157 Å². The van der Waals surface area contributed by atoms with Gasteiger partial charge in [-0.25, -0.2) is 19.2 Å². The van der Waals surface area contributed by atoms with Gasteiger partial charge in [0.15, 0.2) is 82.1 Å². The normalized spacial score (nSPS) is 16.4. The molecule has 0 fully saturated rings. The molecule has 4 aromatic carbocycles. The van der Waals surface area contributed by atoms with Crippen LogP contribution < -0.4 is 0 Å². The van der Waals surface area contributed by atoms with Gasteiger partial charge in [0.05, 0.1) is 22.3 Å². The molecule has 294 valence electrons. The molecule has 56 heavy (non-hydrogen) atoms.